The first-order valence-corrected chi connectivity index (χ1v) is 6.94. The molecular formula is C15H22N2O. The molecule has 0 aromatic heterocycles. The minimum absolute atomic E-state index is 0.802. The van der Waals surface area contributed by atoms with Gasteiger partial charge in [-0.05, 0) is 44.0 Å². The van der Waals surface area contributed by atoms with Gasteiger partial charge in [0.05, 0.1) is 0 Å². The summed E-state index contributed by atoms with van der Waals surface area (Å²) in [5.41, 5.74) is 1.28. The fourth-order valence-electron chi connectivity index (χ4n) is 3.06. The molecule has 0 aliphatic carbocycles. The van der Waals surface area contributed by atoms with Gasteiger partial charge < -0.3 is 10.1 Å². The molecular weight excluding hydrogens is 224 g/mol. The molecule has 1 N–H and O–H groups in total. The highest BCUT2D eigenvalue weighted by atomic mass is 16.5. The van der Waals surface area contributed by atoms with E-state index in [1.165, 1.54) is 31.7 Å². The van der Waals surface area contributed by atoms with Crippen LogP contribution in [-0.2, 0) is 0 Å². The first-order valence-electron chi connectivity index (χ1n) is 6.94. The number of fused-ring (bicyclic) bond motifs is 1. The number of hydrogen-bond acceptors (Lipinski definition) is 3. The Labute approximate surface area is 109 Å². The van der Waals surface area contributed by atoms with E-state index in [-0.39, 0.29) is 0 Å². The standard InChI is InChI=1S/C15H22N2O/c1-12-2-4-15(5-3-12)18-7-6-17-10-13-8-16-9-14(13)11-17/h2-5,13-14,16H,6-11H2,1H3. The van der Waals surface area contributed by atoms with Gasteiger partial charge in [-0.25, -0.2) is 0 Å². The summed E-state index contributed by atoms with van der Waals surface area (Å²) in [5.74, 6) is 2.75. The molecule has 2 atom stereocenters. The molecule has 0 bridgehead atoms. The third-order valence-corrected chi connectivity index (χ3v) is 4.16. The third kappa shape index (κ3) is 2.68. The lowest BCUT2D eigenvalue weighted by atomic mass is 10.0. The summed E-state index contributed by atoms with van der Waals surface area (Å²) in [5, 5.41) is 3.47. The predicted octanol–water partition coefficient (Wildman–Crippen LogP) is 1.53. The van der Waals surface area contributed by atoms with Crippen LogP contribution >= 0.6 is 0 Å². The number of nitrogens with one attached hydrogen (secondary N) is 1. The molecule has 18 heavy (non-hydrogen) atoms. The lowest BCUT2D eigenvalue weighted by Gasteiger charge is -2.17. The van der Waals surface area contributed by atoms with Crippen molar-refractivity contribution in [3.8, 4) is 5.75 Å². The largest absolute Gasteiger partial charge is 0.492 e. The second-order valence-corrected chi connectivity index (χ2v) is 5.60. The van der Waals surface area contributed by atoms with Crippen LogP contribution < -0.4 is 10.1 Å². The molecule has 3 heteroatoms. The third-order valence-electron chi connectivity index (χ3n) is 4.16. The maximum Gasteiger partial charge on any atom is 0.119 e. The lowest BCUT2D eigenvalue weighted by Crippen LogP contribution is -2.29. The number of likely N-dealkylation sites (tertiary alicyclic amines) is 1. The summed E-state index contributed by atoms with van der Waals surface area (Å²) in [6, 6.07) is 8.30. The SMILES string of the molecule is Cc1ccc(OCCN2CC3CNCC3C2)cc1. The summed E-state index contributed by atoms with van der Waals surface area (Å²) in [6.45, 7) is 8.86. The summed E-state index contributed by atoms with van der Waals surface area (Å²) < 4.78 is 5.79. The molecule has 3 nitrogen and oxygen atoms in total. The highest BCUT2D eigenvalue weighted by Crippen LogP contribution is 2.25. The van der Waals surface area contributed by atoms with Gasteiger partial charge in [0.25, 0.3) is 0 Å². The summed E-state index contributed by atoms with van der Waals surface area (Å²) in [6.07, 6.45) is 0. The molecule has 0 radical (unpaired) electrons. The normalized spacial score (nSPS) is 27.4. The Kier molecular flexibility index (Phi) is 3.52. The van der Waals surface area contributed by atoms with E-state index in [1.54, 1.807) is 0 Å². The van der Waals surface area contributed by atoms with Gasteiger partial charge in [0, 0.05) is 19.6 Å². The minimum Gasteiger partial charge on any atom is -0.492 e. The Balaban J connectivity index is 1.41. The predicted molar refractivity (Wildman–Crippen MR) is 73.0 cm³/mol. The molecule has 2 heterocycles. The molecule has 1 aromatic rings. The van der Waals surface area contributed by atoms with Crippen molar-refractivity contribution in [2.75, 3.05) is 39.3 Å². The highest BCUT2D eigenvalue weighted by molar-refractivity contribution is 5.26. The van der Waals surface area contributed by atoms with Crippen LogP contribution in [0.5, 0.6) is 5.75 Å². The summed E-state index contributed by atoms with van der Waals surface area (Å²) in [7, 11) is 0. The Bertz CT molecular complexity index is 378. The monoisotopic (exact) mass is 246 g/mol. The Morgan fingerprint density at radius 3 is 2.50 bits per heavy atom. The Hall–Kier alpha value is -1.06. The second kappa shape index (κ2) is 5.29. The van der Waals surface area contributed by atoms with Crippen LogP contribution in [0.25, 0.3) is 0 Å². The van der Waals surface area contributed by atoms with Crippen molar-refractivity contribution in [3.63, 3.8) is 0 Å². The molecule has 2 saturated heterocycles. The average Bonchev–Trinajstić information content (AvgIpc) is 2.92. The van der Waals surface area contributed by atoms with Crippen LogP contribution in [0.15, 0.2) is 24.3 Å². The molecule has 0 saturated carbocycles. The van der Waals surface area contributed by atoms with Crippen molar-refractivity contribution in [2.24, 2.45) is 11.8 Å². The Morgan fingerprint density at radius 1 is 1.17 bits per heavy atom. The van der Waals surface area contributed by atoms with Gasteiger partial charge in [-0.3, -0.25) is 4.90 Å². The Morgan fingerprint density at radius 2 is 1.83 bits per heavy atom. The van der Waals surface area contributed by atoms with Gasteiger partial charge in [-0.1, -0.05) is 17.7 Å². The van der Waals surface area contributed by atoms with Crippen LogP contribution in [0.3, 0.4) is 0 Å². The molecule has 2 aliphatic heterocycles. The minimum atomic E-state index is 0.802. The molecule has 0 spiro atoms. The molecule has 0 amide bonds. The first-order chi connectivity index (χ1) is 8.81. The van der Waals surface area contributed by atoms with Crippen LogP contribution in [0.2, 0.25) is 0 Å². The maximum atomic E-state index is 5.79. The zero-order chi connectivity index (χ0) is 12.4. The van der Waals surface area contributed by atoms with Crippen LogP contribution in [-0.4, -0.2) is 44.2 Å². The van der Waals surface area contributed by atoms with Crippen molar-refractivity contribution in [1.82, 2.24) is 10.2 Å². The topological polar surface area (TPSA) is 24.5 Å². The number of aryl methyl sites for hydroxylation is 1. The van der Waals surface area contributed by atoms with E-state index in [2.05, 4.69) is 41.4 Å². The highest BCUT2D eigenvalue weighted by Gasteiger charge is 2.35. The van der Waals surface area contributed by atoms with Gasteiger partial charge in [-0.15, -0.1) is 0 Å². The van der Waals surface area contributed by atoms with E-state index in [4.69, 9.17) is 4.74 Å². The lowest BCUT2D eigenvalue weighted by molar-refractivity contribution is 0.228. The van der Waals surface area contributed by atoms with E-state index in [0.717, 1.165) is 30.7 Å². The maximum absolute atomic E-state index is 5.79. The van der Waals surface area contributed by atoms with Gasteiger partial charge >= 0.3 is 0 Å². The van der Waals surface area contributed by atoms with Gasteiger partial charge in [0.1, 0.15) is 12.4 Å². The smallest absolute Gasteiger partial charge is 0.119 e. The van der Waals surface area contributed by atoms with Gasteiger partial charge in [0.15, 0.2) is 0 Å². The summed E-state index contributed by atoms with van der Waals surface area (Å²) in [4.78, 5) is 2.55. The molecule has 2 fully saturated rings. The number of nitrogens with zero attached hydrogens (tertiary/aromatic N) is 1. The molecule has 98 valence electrons. The van der Waals surface area contributed by atoms with Gasteiger partial charge in [-0.2, -0.15) is 0 Å². The average molecular weight is 246 g/mol. The van der Waals surface area contributed by atoms with Crippen molar-refractivity contribution in [1.29, 1.82) is 0 Å². The van der Waals surface area contributed by atoms with E-state index < -0.39 is 0 Å². The number of hydrogen-bond donors (Lipinski definition) is 1. The van der Waals surface area contributed by atoms with Crippen LogP contribution in [0.4, 0.5) is 0 Å². The van der Waals surface area contributed by atoms with E-state index in [1.807, 2.05) is 0 Å². The van der Waals surface area contributed by atoms with Crippen LogP contribution in [0, 0.1) is 18.8 Å². The van der Waals surface area contributed by atoms with Crippen molar-refractivity contribution in [3.05, 3.63) is 29.8 Å². The summed E-state index contributed by atoms with van der Waals surface area (Å²) >= 11 is 0. The number of ether oxygens (including phenoxy) is 1. The zero-order valence-corrected chi connectivity index (χ0v) is 11.1. The number of rotatable bonds is 4. The fourth-order valence-corrected chi connectivity index (χ4v) is 3.06. The molecule has 2 aliphatic rings. The molecule has 3 rings (SSSR count). The van der Waals surface area contributed by atoms with E-state index in [0.29, 0.717) is 0 Å². The zero-order valence-electron chi connectivity index (χ0n) is 11.1. The van der Waals surface area contributed by atoms with Crippen LogP contribution in [0.1, 0.15) is 5.56 Å². The quantitative estimate of drug-likeness (QED) is 0.872. The number of benzene rings is 1. The van der Waals surface area contributed by atoms with Crippen molar-refractivity contribution in [2.45, 2.75) is 6.92 Å². The van der Waals surface area contributed by atoms with E-state index >= 15 is 0 Å². The van der Waals surface area contributed by atoms with Crippen molar-refractivity contribution < 1.29 is 4.74 Å². The first kappa shape index (κ1) is 12.0. The molecule has 1 aromatic carbocycles. The molecule has 2 unspecified atom stereocenters. The fraction of sp³-hybridized carbons (Fsp3) is 0.600. The van der Waals surface area contributed by atoms with Crippen molar-refractivity contribution >= 4 is 0 Å². The van der Waals surface area contributed by atoms with E-state index in [9.17, 15) is 0 Å². The second-order valence-electron chi connectivity index (χ2n) is 5.60. The van der Waals surface area contributed by atoms with Gasteiger partial charge in [0.2, 0.25) is 0 Å².